The van der Waals surface area contributed by atoms with Gasteiger partial charge in [0.15, 0.2) is 0 Å². The molecule has 0 aromatic heterocycles. The standard InChI is InChI=1S/C10H18/c1-2-3-4-5-6-7-10-8-9-10/h2,10H,1,3-9H2. The van der Waals surface area contributed by atoms with Crippen LogP contribution in [0.15, 0.2) is 12.7 Å². The third-order valence-corrected chi connectivity index (χ3v) is 2.22. The molecule has 1 saturated carbocycles. The number of rotatable bonds is 6. The van der Waals surface area contributed by atoms with E-state index in [0.717, 1.165) is 5.92 Å². The monoisotopic (exact) mass is 138 g/mol. The van der Waals surface area contributed by atoms with Crippen molar-refractivity contribution in [3.8, 4) is 0 Å². The molecule has 0 N–H and O–H groups in total. The van der Waals surface area contributed by atoms with Gasteiger partial charge >= 0.3 is 0 Å². The summed E-state index contributed by atoms with van der Waals surface area (Å²) in [7, 11) is 0. The van der Waals surface area contributed by atoms with Gasteiger partial charge in [-0.2, -0.15) is 0 Å². The number of hydrogen-bond acceptors (Lipinski definition) is 0. The largest absolute Gasteiger partial charge is 0.103 e. The first-order valence-electron chi connectivity index (χ1n) is 4.54. The molecule has 0 unspecified atom stereocenters. The van der Waals surface area contributed by atoms with Crippen LogP contribution in [0.3, 0.4) is 0 Å². The van der Waals surface area contributed by atoms with Gasteiger partial charge in [-0.25, -0.2) is 0 Å². The number of unbranched alkanes of at least 4 members (excludes halogenated alkanes) is 3. The Morgan fingerprint density at radius 1 is 1.20 bits per heavy atom. The third kappa shape index (κ3) is 3.71. The zero-order valence-electron chi connectivity index (χ0n) is 6.81. The lowest BCUT2D eigenvalue weighted by Crippen LogP contribution is -1.78. The summed E-state index contributed by atoms with van der Waals surface area (Å²) in [6.07, 6.45) is 12.0. The van der Waals surface area contributed by atoms with Crippen LogP contribution in [0.1, 0.15) is 44.9 Å². The van der Waals surface area contributed by atoms with Crippen molar-refractivity contribution in [2.75, 3.05) is 0 Å². The average molecular weight is 138 g/mol. The zero-order valence-corrected chi connectivity index (χ0v) is 6.81. The van der Waals surface area contributed by atoms with E-state index in [1.54, 1.807) is 0 Å². The Morgan fingerprint density at radius 2 is 2.00 bits per heavy atom. The molecule has 0 atom stereocenters. The van der Waals surface area contributed by atoms with Gasteiger partial charge in [-0.3, -0.25) is 0 Å². The molecule has 0 aromatic carbocycles. The van der Waals surface area contributed by atoms with E-state index in [-0.39, 0.29) is 0 Å². The minimum Gasteiger partial charge on any atom is -0.103 e. The van der Waals surface area contributed by atoms with Gasteiger partial charge in [-0.1, -0.05) is 38.2 Å². The van der Waals surface area contributed by atoms with Gasteiger partial charge in [-0.15, -0.1) is 6.58 Å². The van der Waals surface area contributed by atoms with Crippen molar-refractivity contribution < 1.29 is 0 Å². The van der Waals surface area contributed by atoms with E-state index in [0.29, 0.717) is 0 Å². The molecule has 0 heterocycles. The molecule has 58 valence electrons. The molecule has 1 fully saturated rings. The van der Waals surface area contributed by atoms with Crippen molar-refractivity contribution in [2.24, 2.45) is 5.92 Å². The SMILES string of the molecule is C=CCCCCCC1CC1. The predicted molar refractivity (Wildman–Crippen MR) is 46.0 cm³/mol. The number of allylic oxidation sites excluding steroid dienone is 1. The highest BCUT2D eigenvalue weighted by Gasteiger charge is 2.19. The van der Waals surface area contributed by atoms with Crippen LogP contribution in [0, 0.1) is 5.92 Å². The lowest BCUT2D eigenvalue weighted by atomic mass is 10.1. The first kappa shape index (κ1) is 7.84. The first-order chi connectivity index (χ1) is 4.93. The second-order valence-corrected chi connectivity index (χ2v) is 3.37. The van der Waals surface area contributed by atoms with E-state index in [1.165, 1.54) is 44.9 Å². The van der Waals surface area contributed by atoms with Gasteiger partial charge < -0.3 is 0 Å². The summed E-state index contributed by atoms with van der Waals surface area (Å²) in [5, 5.41) is 0. The lowest BCUT2D eigenvalue weighted by molar-refractivity contribution is 0.607. The summed E-state index contributed by atoms with van der Waals surface area (Å²) in [6, 6.07) is 0. The van der Waals surface area contributed by atoms with Crippen molar-refractivity contribution in [3.63, 3.8) is 0 Å². The van der Waals surface area contributed by atoms with Crippen molar-refractivity contribution in [1.29, 1.82) is 0 Å². The van der Waals surface area contributed by atoms with Crippen LogP contribution in [-0.2, 0) is 0 Å². The van der Waals surface area contributed by atoms with Crippen molar-refractivity contribution in [1.82, 2.24) is 0 Å². The Morgan fingerprint density at radius 3 is 2.60 bits per heavy atom. The molecular weight excluding hydrogens is 120 g/mol. The predicted octanol–water partition coefficient (Wildman–Crippen LogP) is 3.53. The third-order valence-electron chi connectivity index (χ3n) is 2.22. The minimum atomic E-state index is 1.13. The summed E-state index contributed by atoms with van der Waals surface area (Å²) in [5.74, 6) is 1.13. The van der Waals surface area contributed by atoms with E-state index in [4.69, 9.17) is 0 Å². The van der Waals surface area contributed by atoms with Gasteiger partial charge in [0.1, 0.15) is 0 Å². The minimum absolute atomic E-state index is 1.13. The Hall–Kier alpha value is -0.260. The zero-order chi connectivity index (χ0) is 7.23. The fourth-order valence-corrected chi connectivity index (χ4v) is 1.30. The highest BCUT2D eigenvalue weighted by atomic mass is 14.2. The van der Waals surface area contributed by atoms with Crippen LogP contribution in [0.25, 0.3) is 0 Å². The second kappa shape index (κ2) is 4.54. The smallest absolute Gasteiger partial charge is 0.0353 e. The summed E-state index contributed by atoms with van der Waals surface area (Å²) < 4.78 is 0. The molecule has 0 bridgehead atoms. The molecule has 0 heteroatoms. The Balaban J connectivity index is 1.72. The molecular formula is C10H18. The second-order valence-electron chi connectivity index (χ2n) is 3.37. The van der Waals surface area contributed by atoms with Crippen molar-refractivity contribution in [3.05, 3.63) is 12.7 Å². The van der Waals surface area contributed by atoms with E-state index in [2.05, 4.69) is 6.58 Å². The molecule has 1 aliphatic rings. The van der Waals surface area contributed by atoms with Gasteiger partial charge in [0, 0.05) is 0 Å². The summed E-state index contributed by atoms with van der Waals surface area (Å²) >= 11 is 0. The van der Waals surface area contributed by atoms with Crippen LogP contribution in [0.4, 0.5) is 0 Å². The van der Waals surface area contributed by atoms with Gasteiger partial charge in [-0.05, 0) is 18.8 Å². The lowest BCUT2D eigenvalue weighted by Gasteiger charge is -1.95. The molecule has 1 rings (SSSR count). The molecule has 0 saturated heterocycles. The van der Waals surface area contributed by atoms with Crippen molar-refractivity contribution in [2.45, 2.75) is 44.9 Å². The first-order valence-corrected chi connectivity index (χ1v) is 4.54. The van der Waals surface area contributed by atoms with Gasteiger partial charge in [0.25, 0.3) is 0 Å². The average Bonchev–Trinajstić information content (AvgIpc) is 2.71. The van der Waals surface area contributed by atoms with Gasteiger partial charge in [0.05, 0.1) is 0 Å². The van der Waals surface area contributed by atoms with Crippen molar-refractivity contribution >= 4 is 0 Å². The maximum Gasteiger partial charge on any atom is -0.0353 e. The van der Waals surface area contributed by atoms with E-state index in [9.17, 15) is 0 Å². The van der Waals surface area contributed by atoms with Crippen LogP contribution in [-0.4, -0.2) is 0 Å². The summed E-state index contributed by atoms with van der Waals surface area (Å²) in [4.78, 5) is 0. The highest BCUT2D eigenvalue weighted by molar-refractivity contribution is 4.73. The molecule has 10 heavy (non-hydrogen) atoms. The molecule has 0 aromatic rings. The molecule has 0 nitrogen and oxygen atoms in total. The summed E-state index contributed by atoms with van der Waals surface area (Å²) in [6.45, 7) is 3.71. The normalized spacial score (nSPS) is 17.2. The highest BCUT2D eigenvalue weighted by Crippen LogP contribution is 2.34. The van der Waals surface area contributed by atoms with E-state index >= 15 is 0 Å². The fraction of sp³-hybridized carbons (Fsp3) is 0.800. The van der Waals surface area contributed by atoms with Crippen LogP contribution >= 0.6 is 0 Å². The van der Waals surface area contributed by atoms with Crippen LogP contribution < -0.4 is 0 Å². The molecule has 1 aliphatic carbocycles. The molecule has 0 radical (unpaired) electrons. The topological polar surface area (TPSA) is 0 Å². The van der Waals surface area contributed by atoms with Gasteiger partial charge in [0.2, 0.25) is 0 Å². The number of hydrogen-bond donors (Lipinski definition) is 0. The molecule has 0 spiro atoms. The Kier molecular flexibility index (Phi) is 3.56. The molecule has 0 aliphatic heterocycles. The van der Waals surface area contributed by atoms with Crippen LogP contribution in [0.5, 0.6) is 0 Å². The summed E-state index contributed by atoms with van der Waals surface area (Å²) in [5.41, 5.74) is 0. The molecule has 0 amide bonds. The Labute approximate surface area is 64.3 Å². The maximum atomic E-state index is 3.71. The fourth-order valence-electron chi connectivity index (χ4n) is 1.30. The maximum absolute atomic E-state index is 3.71. The van der Waals surface area contributed by atoms with Crippen LogP contribution in [0.2, 0.25) is 0 Å². The quantitative estimate of drug-likeness (QED) is 0.389. The van der Waals surface area contributed by atoms with E-state index < -0.39 is 0 Å². The van der Waals surface area contributed by atoms with E-state index in [1.807, 2.05) is 6.08 Å². The Bertz CT molecular complexity index is 90.2.